The van der Waals surface area contributed by atoms with Gasteiger partial charge in [-0.2, -0.15) is 0 Å². The molecule has 3 rings (SSSR count). The third kappa shape index (κ3) is 5.20. The molecule has 132 valence electrons. The molecule has 2 aromatic rings. The SMILES string of the molecule is Cc1cccc(CCC2(NC(=S)Nc3cccc(Cl)c3)CCCC2)c1. The van der Waals surface area contributed by atoms with Crippen LogP contribution in [-0.2, 0) is 6.42 Å². The molecule has 0 heterocycles. The van der Waals surface area contributed by atoms with Gasteiger partial charge in [-0.3, -0.25) is 0 Å². The van der Waals surface area contributed by atoms with Crippen LogP contribution in [0, 0.1) is 6.92 Å². The van der Waals surface area contributed by atoms with Gasteiger partial charge in [0.05, 0.1) is 0 Å². The maximum Gasteiger partial charge on any atom is 0.171 e. The van der Waals surface area contributed by atoms with E-state index in [9.17, 15) is 0 Å². The number of hydrogen-bond donors (Lipinski definition) is 2. The first-order chi connectivity index (χ1) is 12.0. The Labute approximate surface area is 161 Å². The van der Waals surface area contributed by atoms with E-state index in [1.165, 1.54) is 36.8 Å². The van der Waals surface area contributed by atoms with Crippen LogP contribution in [0.5, 0.6) is 0 Å². The van der Waals surface area contributed by atoms with Crippen molar-refractivity contribution in [2.24, 2.45) is 0 Å². The van der Waals surface area contributed by atoms with Gasteiger partial charge in [-0.15, -0.1) is 0 Å². The van der Waals surface area contributed by atoms with Crippen LogP contribution in [0.1, 0.15) is 43.2 Å². The Morgan fingerprint density at radius 3 is 2.60 bits per heavy atom. The summed E-state index contributed by atoms with van der Waals surface area (Å²) in [6.07, 6.45) is 7.07. The third-order valence-electron chi connectivity index (χ3n) is 5.00. The molecule has 25 heavy (non-hydrogen) atoms. The monoisotopic (exact) mass is 372 g/mol. The summed E-state index contributed by atoms with van der Waals surface area (Å²) in [6.45, 7) is 2.15. The molecule has 2 nitrogen and oxygen atoms in total. The summed E-state index contributed by atoms with van der Waals surface area (Å²) in [4.78, 5) is 0. The van der Waals surface area contributed by atoms with Gasteiger partial charge >= 0.3 is 0 Å². The largest absolute Gasteiger partial charge is 0.357 e. The molecular formula is C21H25ClN2S. The lowest BCUT2D eigenvalue weighted by atomic mass is 9.89. The number of thiocarbonyl (C=S) groups is 1. The molecule has 1 aliphatic carbocycles. The molecule has 2 aromatic carbocycles. The first kappa shape index (κ1) is 18.2. The zero-order chi connectivity index (χ0) is 17.7. The second-order valence-corrected chi connectivity index (χ2v) is 7.91. The summed E-state index contributed by atoms with van der Waals surface area (Å²) < 4.78 is 0. The number of benzene rings is 2. The van der Waals surface area contributed by atoms with E-state index < -0.39 is 0 Å². The van der Waals surface area contributed by atoms with E-state index in [0.29, 0.717) is 10.1 Å². The first-order valence-corrected chi connectivity index (χ1v) is 9.74. The molecule has 0 unspecified atom stereocenters. The molecule has 0 spiro atoms. The number of rotatable bonds is 5. The second-order valence-electron chi connectivity index (χ2n) is 7.07. The summed E-state index contributed by atoms with van der Waals surface area (Å²) in [5.41, 5.74) is 3.76. The summed E-state index contributed by atoms with van der Waals surface area (Å²) >= 11 is 11.6. The molecule has 2 N–H and O–H groups in total. The van der Waals surface area contributed by atoms with Crippen LogP contribution in [0.3, 0.4) is 0 Å². The van der Waals surface area contributed by atoms with Crippen molar-refractivity contribution in [3.63, 3.8) is 0 Å². The smallest absolute Gasteiger partial charge is 0.171 e. The molecule has 0 bridgehead atoms. The van der Waals surface area contributed by atoms with E-state index in [0.717, 1.165) is 18.5 Å². The van der Waals surface area contributed by atoms with Crippen molar-refractivity contribution in [2.75, 3.05) is 5.32 Å². The Balaban J connectivity index is 1.62. The van der Waals surface area contributed by atoms with Crippen LogP contribution in [-0.4, -0.2) is 10.7 Å². The van der Waals surface area contributed by atoms with Gasteiger partial charge in [-0.1, -0.05) is 60.3 Å². The van der Waals surface area contributed by atoms with Crippen molar-refractivity contribution in [3.05, 3.63) is 64.7 Å². The summed E-state index contributed by atoms with van der Waals surface area (Å²) in [5.74, 6) is 0. The van der Waals surface area contributed by atoms with E-state index in [2.05, 4.69) is 41.8 Å². The van der Waals surface area contributed by atoms with E-state index in [4.69, 9.17) is 23.8 Å². The Bertz CT molecular complexity index is 738. The van der Waals surface area contributed by atoms with Gasteiger partial charge in [0.2, 0.25) is 0 Å². The molecule has 4 heteroatoms. The van der Waals surface area contributed by atoms with Crippen molar-refractivity contribution < 1.29 is 0 Å². The van der Waals surface area contributed by atoms with Gasteiger partial charge in [0.15, 0.2) is 5.11 Å². The fourth-order valence-electron chi connectivity index (χ4n) is 3.71. The molecule has 0 aliphatic heterocycles. The van der Waals surface area contributed by atoms with Gasteiger partial charge in [0.25, 0.3) is 0 Å². The Hall–Kier alpha value is -1.58. The molecular weight excluding hydrogens is 348 g/mol. The minimum absolute atomic E-state index is 0.104. The normalized spacial score (nSPS) is 15.8. The predicted molar refractivity (Wildman–Crippen MR) is 112 cm³/mol. The lowest BCUT2D eigenvalue weighted by molar-refractivity contribution is 0.362. The van der Waals surface area contributed by atoms with Crippen LogP contribution in [0.15, 0.2) is 48.5 Å². The van der Waals surface area contributed by atoms with Crippen molar-refractivity contribution >= 4 is 34.6 Å². The topological polar surface area (TPSA) is 24.1 Å². The fraction of sp³-hybridized carbons (Fsp3) is 0.381. The maximum absolute atomic E-state index is 6.05. The minimum atomic E-state index is 0.104. The minimum Gasteiger partial charge on any atom is -0.357 e. The van der Waals surface area contributed by atoms with Crippen LogP contribution in [0.25, 0.3) is 0 Å². The molecule has 0 saturated heterocycles. The van der Waals surface area contributed by atoms with Crippen LogP contribution in [0.2, 0.25) is 5.02 Å². The molecule has 1 aliphatic rings. The Morgan fingerprint density at radius 2 is 1.88 bits per heavy atom. The van der Waals surface area contributed by atoms with Crippen LogP contribution in [0.4, 0.5) is 5.69 Å². The van der Waals surface area contributed by atoms with Crippen LogP contribution < -0.4 is 10.6 Å². The number of nitrogens with one attached hydrogen (secondary N) is 2. The van der Waals surface area contributed by atoms with Gasteiger partial charge in [0.1, 0.15) is 0 Å². The highest BCUT2D eigenvalue weighted by Gasteiger charge is 2.34. The Morgan fingerprint density at radius 1 is 1.12 bits per heavy atom. The van der Waals surface area contributed by atoms with Gasteiger partial charge in [-0.05, 0) is 68.6 Å². The zero-order valence-electron chi connectivity index (χ0n) is 14.6. The van der Waals surface area contributed by atoms with Crippen molar-refractivity contribution in [3.8, 4) is 0 Å². The highest BCUT2D eigenvalue weighted by atomic mass is 35.5. The number of halogens is 1. The van der Waals surface area contributed by atoms with Gasteiger partial charge < -0.3 is 10.6 Å². The molecule has 1 saturated carbocycles. The first-order valence-electron chi connectivity index (χ1n) is 8.95. The highest BCUT2D eigenvalue weighted by molar-refractivity contribution is 7.80. The van der Waals surface area contributed by atoms with Crippen molar-refractivity contribution in [1.29, 1.82) is 0 Å². The average molecular weight is 373 g/mol. The molecule has 0 aromatic heterocycles. The van der Waals surface area contributed by atoms with E-state index in [1.54, 1.807) is 0 Å². The zero-order valence-corrected chi connectivity index (χ0v) is 16.2. The fourth-order valence-corrected chi connectivity index (χ4v) is 4.23. The van der Waals surface area contributed by atoms with E-state index >= 15 is 0 Å². The maximum atomic E-state index is 6.05. The number of aryl methyl sites for hydroxylation is 2. The predicted octanol–water partition coefficient (Wildman–Crippen LogP) is 5.88. The standard InChI is InChI=1S/C21H25ClN2S/c1-16-6-4-7-17(14-16)10-13-21(11-2-3-12-21)24-20(25)23-19-9-5-8-18(22)15-19/h4-9,14-15H,2-3,10-13H2,1H3,(H2,23,24,25). The summed E-state index contributed by atoms with van der Waals surface area (Å²) in [6, 6.07) is 16.5. The van der Waals surface area contributed by atoms with Crippen molar-refractivity contribution in [2.45, 2.75) is 51.0 Å². The average Bonchev–Trinajstić information content (AvgIpc) is 3.02. The van der Waals surface area contributed by atoms with Crippen LogP contribution >= 0.6 is 23.8 Å². The number of anilines is 1. The third-order valence-corrected chi connectivity index (χ3v) is 5.44. The summed E-state index contributed by atoms with van der Waals surface area (Å²) in [7, 11) is 0. The van der Waals surface area contributed by atoms with Gasteiger partial charge in [-0.25, -0.2) is 0 Å². The summed E-state index contributed by atoms with van der Waals surface area (Å²) in [5, 5.41) is 8.30. The van der Waals surface area contributed by atoms with Gasteiger partial charge in [0, 0.05) is 16.2 Å². The lowest BCUT2D eigenvalue weighted by Crippen LogP contribution is -2.48. The van der Waals surface area contributed by atoms with E-state index in [-0.39, 0.29) is 5.54 Å². The lowest BCUT2D eigenvalue weighted by Gasteiger charge is -2.32. The second kappa shape index (κ2) is 8.20. The Kier molecular flexibility index (Phi) is 5.98. The molecule has 0 atom stereocenters. The molecule has 0 radical (unpaired) electrons. The molecule has 1 fully saturated rings. The quantitative estimate of drug-likeness (QED) is 0.641. The van der Waals surface area contributed by atoms with E-state index in [1.807, 2.05) is 24.3 Å². The highest BCUT2D eigenvalue weighted by Crippen LogP contribution is 2.34. The number of hydrogen-bond acceptors (Lipinski definition) is 1. The molecule has 0 amide bonds. The van der Waals surface area contributed by atoms with Crippen molar-refractivity contribution in [1.82, 2.24) is 5.32 Å².